The molecular weight excluding hydrogens is 240 g/mol. The number of rotatable bonds is 4. The van der Waals surface area contributed by atoms with Gasteiger partial charge >= 0.3 is 0 Å². The van der Waals surface area contributed by atoms with Crippen LogP contribution in [-0.2, 0) is 0 Å². The standard InChI is InChI=1S/C15H22N2O2/c1-3-19-14-8-13(5-4-11(14)2)15(18)17-7-6-12(9-16)10-17/h4-5,8,12H,3,6-7,9-10,16H2,1-2H3/t12-/m1/s1. The first-order valence-corrected chi connectivity index (χ1v) is 6.88. The summed E-state index contributed by atoms with van der Waals surface area (Å²) in [5.41, 5.74) is 7.42. The van der Waals surface area contributed by atoms with Gasteiger partial charge in [0.05, 0.1) is 6.61 Å². The zero-order valence-electron chi connectivity index (χ0n) is 11.7. The maximum Gasteiger partial charge on any atom is 0.253 e. The molecule has 1 aromatic carbocycles. The minimum atomic E-state index is 0.0805. The number of amides is 1. The molecule has 19 heavy (non-hydrogen) atoms. The summed E-state index contributed by atoms with van der Waals surface area (Å²) in [4.78, 5) is 14.3. The van der Waals surface area contributed by atoms with Crippen LogP contribution in [0.1, 0.15) is 29.3 Å². The van der Waals surface area contributed by atoms with Crippen molar-refractivity contribution in [2.45, 2.75) is 20.3 Å². The van der Waals surface area contributed by atoms with Crippen molar-refractivity contribution in [1.82, 2.24) is 4.90 Å². The highest BCUT2D eigenvalue weighted by Crippen LogP contribution is 2.23. The Balaban J connectivity index is 2.13. The number of nitrogens with zero attached hydrogens (tertiary/aromatic N) is 1. The molecule has 0 radical (unpaired) electrons. The first kappa shape index (κ1) is 13.9. The van der Waals surface area contributed by atoms with E-state index in [0.29, 0.717) is 24.6 Å². The summed E-state index contributed by atoms with van der Waals surface area (Å²) < 4.78 is 5.54. The van der Waals surface area contributed by atoms with Crippen LogP contribution in [0.15, 0.2) is 18.2 Å². The summed E-state index contributed by atoms with van der Waals surface area (Å²) >= 11 is 0. The molecule has 1 saturated heterocycles. The third-order valence-corrected chi connectivity index (χ3v) is 3.64. The second-order valence-electron chi connectivity index (χ2n) is 5.05. The van der Waals surface area contributed by atoms with E-state index >= 15 is 0 Å². The molecule has 1 amide bonds. The molecular formula is C15H22N2O2. The van der Waals surface area contributed by atoms with E-state index in [1.807, 2.05) is 36.9 Å². The number of carbonyl (C=O) groups is 1. The average Bonchev–Trinajstić information content (AvgIpc) is 2.89. The number of carbonyl (C=O) groups excluding carboxylic acids is 1. The Bertz CT molecular complexity index is 459. The van der Waals surface area contributed by atoms with Gasteiger partial charge in [-0.1, -0.05) is 6.07 Å². The molecule has 1 atom stereocenters. The van der Waals surface area contributed by atoms with Gasteiger partial charge in [0.15, 0.2) is 0 Å². The molecule has 0 spiro atoms. The highest BCUT2D eigenvalue weighted by atomic mass is 16.5. The predicted molar refractivity (Wildman–Crippen MR) is 75.4 cm³/mol. The molecule has 4 nitrogen and oxygen atoms in total. The summed E-state index contributed by atoms with van der Waals surface area (Å²) in [6.45, 7) is 6.77. The number of ether oxygens (including phenoxy) is 1. The number of hydrogen-bond acceptors (Lipinski definition) is 3. The van der Waals surface area contributed by atoms with E-state index in [1.165, 1.54) is 0 Å². The molecule has 0 aliphatic carbocycles. The van der Waals surface area contributed by atoms with Crippen molar-refractivity contribution in [3.8, 4) is 5.75 Å². The Morgan fingerprint density at radius 1 is 1.53 bits per heavy atom. The molecule has 1 heterocycles. The van der Waals surface area contributed by atoms with Gasteiger partial charge in [-0.2, -0.15) is 0 Å². The first-order valence-electron chi connectivity index (χ1n) is 6.88. The van der Waals surface area contributed by atoms with E-state index in [2.05, 4.69) is 0 Å². The van der Waals surface area contributed by atoms with Crippen LogP contribution in [0.3, 0.4) is 0 Å². The van der Waals surface area contributed by atoms with Gasteiger partial charge in [-0.25, -0.2) is 0 Å². The van der Waals surface area contributed by atoms with Crippen molar-refractivity contribution in [1.29, 1.82) is 0 Å². The van der Waals surface area contributed by atoms with Crippen LogP contribution in [0.4, 0.5) is 0 Å². The normalized spacial score (nSPS) is 18.7. The average molecular weight is 262 g/mol. The van der Waals surface area contributed by atoms with Crippen molar-refractivity contribution in [2.75, 3.05) is 26.2 Å². The fraction of sp³-hybridized carbons (Fsp3) is 0.533. The molecule has 0 bridgehead atoms. The summed E-state index contributed by atoms with van der Waals surface area (Å²) in [5.74, 6) is 1.32. The molecule has 1 aliphatic heterocycles. The van der Waals surface area contributed by atoms with Gasteiger partial charge in [0.25, 0.3) is 5.91 Å². The van der Waals surface area contributed by atoms with Crippen molar-refractivity contribution in [3.05, 3.63) is 29.3 Å². The highest BCUT2D eigenvalue weighted by molar-refractivity contribution is 5.95. The number of likely N-dealkylation sites (tertiary alicyclic amines) is 1. The highest BCUT2D eigenvalue weighted by Gasteiger charge is 2.26. The van der Waals surface area contributed by atoms with Crippen LogP contribution in [0.5, 0.6) is 5.75 Å². The van der Waals surface area contributed by atoms with Gasteiger partial charge in [0, 0.05) is 18.7 Å². The lowest BCUT2D eigenvalue weighted by molar-refractivity contribution is 0.0787. The number of hydrogen-bond donors (Lipinski definition) is 1. The maximum absolute atomic E-state index is 12.4. The van der Waals surface area contributed by atoms with Crippen molar-refractivity contribution >= 4 is 5.91 Å². The van der Waals surface area contributed by atoms with Gasteiger partial charge in [-0.05, 0) is 50.4 Å². The van der Waals surface area contributed by atoms with Gasteiger partial charge in [0.1, 0.15) is 5.75 Å². The van der Waals surface area contributed by atoms with E-state index in [4.69, 9.17) is 10.5 Å². The van der Waals surface area contributed by atoms with Crippen LogP contribution in [0, 0.1) is 12.8 Å². The number of benzene rings is 1. The molecule has 0 saturated carbocycles. The Morgan fingerprint density at radius 2 is 2.32 bits per heavy atom. The van der Waals surface area contributed by atoms with Crippen molar-refractivity contribution in [3.63, 3.8) is 0 Å². The Morgan fingerprint density at radius 3 is 2.95 bits per heavy atom. The second kappa shape index (κ2) is 6.06. The van der Waals surface area contributed by atoms with Gasteiger partial charge in [-0.15, -0.1) is 0 Å². The van der Waals surface area contributed by atoms with Crippen LogP contribution in [-0.4, -0.2) is 37.0 Å². The van der Waals surface area contributed by atoms with E-state index in [1.54, 1.807) is 0 Å². The summed E-state index contributed by atoms with van der Waals surface area (Å²) in [7, 11) is 0. The molecule has 0 unspecified atom stereocenters. The van der Waals surface area contributed by atoms with E-state index in [-0.39, 0.29) is 5.91 Å². The molecule has 1 aliphatic rings. The molecule has 4 heteroatoms. The lowest BCUT2D eigenvalue weighted by Gasteiger charge is -2.17. The molecule has 104 valence electrons. The largest absolute Gasteiger partial charge is 0.494 e. The molecule has 1 fully saturated rings. The minimum absolute atomic E-state index is 0.0805. The van der Waals surface area contributed by atoms with Gasteiger partial charge in [0.2, 0.25) is 0 Å². The molecule has 0 aromatic heterocycles. The summed E-state index contributed by atoms with van der Waals surface area (Å²) in [6.07, 6.45) is 1.01. The van der Waals surface area contributed by atoms with Crippen LogP contribution in [0.2, 0.25) is 0 Å². The third-order valence-electron chi connectivity index (χ3n) is 3.64. The molecule has 2 N–H and O–H groups in total. The zero-order valence-corrected chi connectivity index (χ0v) is 11.7. The topological polar surface area (TPSA) is 55.6 Å². The summed E-state index contributed by atoms with van der Waals surface area (Å²) in [6, 6.07) is 5.65. The lowest BCUT2D eigenvalue weighted by atomic mass is 10.1. The minimum Gasteiger partial charge on any atom is -0.494 e. The summed E-state index contributed by atoms with van der Waals surface area (Å²) in [5, 5.41) is 0. The lowest BCUT2D eigenvalue weighted by Crippen LogP contribution is -2.29. The zero-order chi connectivity index (χ0) is 13.8. The van der Waals surface area contributed by atoms with Gasteiger partial charge < -0.3 is 15.4 Å². The van der Waals surface area contributed by atoms with Gasteiger partial charge in [-0.3, -0.25) is 4.79 Å². The van der Waals surface area contributed by atoms with Crippen molar-refractivity contribution in [2.24, 2.45) is 11.7 Å². The first-order chi connectivity index (χ1) is 9.15. The Kier molecular flexibility index (Phi) is 4.43. The van der Waals surface area contributed by atoms with Crippen LogP contribution >= 0.6 is 0 Å². The fourth-order valence-electron chi connectivity index (χ4n) is 2.44. The Hall–Kier alpha value is -1.55. The fourth-order valence-corrected chi connectivity index (χ4v) is 2.44. The van der Waals surface area contributed by atoms with Crippen LogP contribution < -0.4 is 10.5 Å². The molecule has 1 aromatic rings. The SMILES string of the molecule is CCOc1cc(C(=O)N2CC[C@H](CN)C2)ccc1C. The Labute approximate surface area is 114 Å². The predicted octanol–water partition coefficient (Wildman–Crippen LogP) is 1.81. The maximum atomic E-state index is 12.4. The number of aryl methyl sites for hydroxylation is 1. The van der Waals surface area contributed by atoms with E-state index in [0.717, 1.165) is 30.8 Å². The van der Waals surface area contributed by atoms with E-state index in [9.17, 15) is 4.79 Å². The monoisotopic (exact) mass is 262 g/mol. The number of nitrogens with two attached hydrogens (primary N) is 1. The smallest absolute Gasteiger partial charge is 0.253 e. The second-order valence-corrected chi connectivity index (χ2v) is 5.05. The van der Waals surface area contributed by atoms with Crippen LogP contribution in [0.25, 0.3) is 0 Å². The molecule has 2 rings (SSSR count). The van der Waals surface area contributed by atoms with Crippen molar-refractivity contribution < 1.29 is 9.53 Å². The third kappa shape index (κ3) is 3.07. The quantitative estimate of drug-likeness (QED) is 0.900. The van der Waals surface area contributed by atoms with E-state index < -0.39 is 0 Å².